The first-order valence-corrected chi connectivity index (χ1v) is 9.78. The number of aldehydes is 1. The Kier molecular flexibility index (Phi) is 8.55. The summed E-state index contributed by atoms with van der Waals surface area (Å²) in [7, 11) is 0. The van der Waals surface area contributed by atoms with Crippen LogP contribution in [0.5, 0.6) is 0 Å². The molecule has 3 N–H and O–H groups in total. The fraction of sp³-hybridized carbons (Fsp3) is 0.348. The van der Waals surface area contributed by atoms with Crippen molar-refractivity contribution in [3.63, 3.8) is 0 Å². The number of carbonyl (C=O) groups is 3. The number of rotatable bonds is 11. The molecule has 29 heavy (non-hydrogen) atoms. The van der Waals surface area contributed by atoms with Crippen molar-refractivity contribution in [2.45, 2.75) is 38.8 Å². The third-order valence-electron chi connectivity index (χ3n) is 4.58. The molecule has 6 heteroatoms. The number of hydrogen-bond donors (Lipinski definition) is 3. The van der Waals surface area contributed by atoms with Gasteiger partial charge < -0.3 is 15.2 Å². The van der Waals surface area contributed by atoms with Crippen LogP contribution in [0.1, 0.15) is 37.0 Å². The van der Waals surface area contributed by atoms with E-state index in [0.717, 1.165) is 17.4 Å². The number of aliphatic carboxylic acids is 1. The average molecular weight is 396 g/mol. The molecule has 2 aromatic rings. The van der Waals surface area contributed by atoms with Gasteiger partial charge in [-0.15, -0.1) is 0 Å². The number of amides is 1. The lowest BCUT2D eigenvalue weighted by Crippen LogP contribution is -2.46. The fourth-order valence-electron chi connectivity index (χ4n) is 3.08. The lowest BCUT2D eigenvalue weighted by molar-refractivity contribution is -0.140. The molecule has 0 saturated carbocycles. The predicted molar refractivity (Wildman–Crippen MR) is 113 cm³/mol. The van der Waals surface area contributed by atoms with Gasteiger partial charge in [0.25, 0.3) is 5.91 Å². The maximum absolute atomic E-state index is 12.3. The molecule has 0 aliphatic carbocycles. The van der Waals surface area contributed by atoms with Crippen LogP contribution < -0.4 is 10.6 Å². The molecule has 0 aliphatic rings. The van der Waals surface area contributed by atoms with Crippen LogP contribution in [-0.4, -0.2) is 41.9 Å². The van der Waals surface area contributed by atoms with Gasteiger partial charge in [0.1, 0.15) is 12.3 Å². The molecule has 0 bridgehead atoms. The lowest BCUT2D eigenvalue weighted by atomic mass is 10.0. The molecule has 0 spiro atoms. The van der Waals surface area contributed by atoms with Crippen molar-refractivity contribution in [1.82, 2.24) is 10.6 Å². The van der Waals surface area contributed by atoms with E-state index in [4.69, 9.17) is 0 Å². The first kappa shape index (κ1) is 22.3. The predicted octanol–water partition coefficient (Wildman–Crippen LogP) is 3.13. The first-order valence-electron chi connectivity index (χ1n) is 9.78. The van der Waals surface area contributed by atoms with Gasteiger partial charge in [-0.1, -0.05) is 56.3 Å². The van der Waals surface area contributed by atoms with Gasteiger partial charge in [-0.05, 0) is 42.0 Å². The number of benzene rings is 2. The Bertz CT molecular complexity index is 803. The zero-order chi connectivity index (χ0) is 21.2. The average Bonchev–Trinajstić information content (AvgIpc) is 2.72. The maximum atomic E-state index is 12.3. The van der Waals surface area contributed by atoms with Crippen molar-refractivity contribution in [2.24, 2.45) is 5.92 Å². The summed E-state index contributed by atoms with van der Waals surface area (Å²) in [5, 5.41) is 15.0. The SMILES string of the molecule is CC(C)C[C@@H](C=O)N[C@@H](CCNC(=O)c1ccc(-c2ccccc2)cc1)C(=O)O. The first-order chi connectivity index (χ1) is 13.9. The summed E-state index contributed by atoms with van der Waals surface area (Å²) in [6, 6.07) is 15.7. The van der Waals surface area contributed by atoms with Gasteiger partial charge >= 0.3 is 5.97 Å². The largest absolute Gasteiger partial charge is 0.480 e. The molecule has 1 amide bonds. The van der Waals surface area contributed by atoms with E-state index < -0.39 is 18.1 Å². The Labute approximate surface area is 171 Å². The van der Waals surface area contributed by atoms with Crippen LogP contribution in [0.25, 0.3) is 11.1 Å². The van der Waals surface area contributed by atoms with Crippen LogP contribution in [0, 0.1) is 5.92 Å². The third kappa shape index (κ3) is 7.16. The van der Waals surface area contributed by atoms with Gasteiger partial charge in [0, 0.05) is 12.1 Å². The van der Waals surface area contributed by atoms with E-state index in [1.807, 2.05) is 56.3 Å². The summed E-state index contributed by atoms with van der Waals surface area (Å²) in [5.74, 6) is -1.03. The standard InChI is InChI=1S/C23H28N2O4/c1-16(2)14-20(15-26)25-21(23(28)29)12-13-24-22(27)19-10-8-18(9-11-19)17-6-4-3-5-7-17/h3-11,15-16,20-21,25H,12-14H2,1-2H3,(H,24,27)(H,28,29)/t20-,21-/m0/s1. The normalized spacial score (nSPS) is 12.9. The van der Waals surface area contributed by atoms with Gasteiger partial charge in [-0.25, -0.2) is 0 Å². The molecule has 154 valence electrons. The van der Waals surface area contributed by atoms with Gasteiger partial charge in [0.15, 0.2) is 0 Å². The summed E-state index contributed by atoms with van der Waals surface area (Å²) in [6.45, 7) is 4.13. The highest BCUT2D eigenvalue weighted by molar-refractivity contribution is 5.94. The number of carbonyl (C=O) groups excluding carboxylic acids is 2. The molecular formula is C23H28N2O4. The van der Waals surface area contributed by atoms with Crippen molar-refractivity contribution in [1.29, 1.82) is 0 Å². The molecule has 0 aliphatic heterocycles. The molecule has 2 rings (SSSR count). The topological polar surface area (TPSA) is 95.5 Å². The molecule has 0 fully saturated rings. The van der Waals surface area contributed by atoms with Gasteiger partial charge in [-0.3, -0.25) is 14.9 Å². The fourth-order valence-corrected chi connectivity index (χ4v) is 3.08. The summed E-state index contributed by atoms with van der Waals surface area (Å²) in [5.41, 5.74) is 2.60. The minimum absolute atomic E-state index is 0.186. The van der Waals surface area contributed by atoms with E-state index in [1.165, 1.54) is 0 Å². The monoisotopic (exact) mass is 396 g/mol. The third-order valence-corrected chi connectivity index (χ3v) is 4.58. The Balaban J connectivity index is 1.88. The van der Waals surface area contributed by atoms with Crippen molar-refractivity contribution in [3.05, 3.63) is 60.2 Å². The van der Waals surface area contributed by atoms with Crippen molar-refractivity contribution in [3.8, 4) is 11.1 Å². The van der Waals surface area contributed by atoms with Gasteiger partial charge in [0.05, 0.1) is 6.04 Å². The minimum atomic E-state index is -1.04. The Hall–Kier alpha value is -2.99. The second-order valence-corrected chi connectivity index (χ2v) is 7.42. The Morgan fingerprint density at radius 2 is 1.62 bits per heavy atom. The second-order valence-electron chi connectivity index (χ2n) is 7.42. The summed E-state index contributed by atoms with van der Waals surface area (Å²) in [4.78, 5) is 35.0. The zero-order valence-corrected chi connectivity index (χ0v) is 16.8. The van der Waals surface area contributed by atoms with E-state index in [-0.39, 0.29) is 24.8 Å². The summed E-state index contributed by atoms with van der Waals surface area (Å²) < 4.78 is 0. The molecule has 6 nitrogen and oxygen atoms in total. The van der Waals surface area contributed by atoms with E-state index in [0.29, 0.717) is 12.0 Å². The smallest absolute Gasteiger partial charge is 0.320 e. The zero-order valence-electron chi connectivity index (χ0n) is 16.8. The Morgan fingerprint density at radius 1 is 1.00 bits per heavy atom. The minimum Gasteiger partial charge on any atom is -0.480 e. The summed E-state index contributed by atoms with van der Waals surface area (Å²) in [6.07, 6.45) is 1.49. The molecule has 0 radical (unpaired) electrons. The molecular weight excluding hydrogens is 368 g/mol. The second kappa shape index (κ2) is 11.1. The number of carboxylic acids is 1. The highest BCUT2D eigenvalue weighted by Crippen LogP contribution is 2.19. The van der Waals surface area contributed by atoms with Gasteiger partial charge in [0.2, 0.25) is 0 Å². The van der Waals surface area contributed by atoms with Crippen LogP contribution in [-0.2, 0) is 9.59 Å². The molecule has 0 heterocycles. The van der Waals surface area contributed by atoms with Crippen LogP contribution in [0.4, 0.5) is 0 Å². The molecule has 0 saturated heterocycles. The highest BCUT2D eigenvalue weighted by Gasteiger charge is 2.22. The molecule has 0 unspecified atom stereocenters. The summed E-state index contributed by atoms with van der Waals surface area (Å²) >= 11 is 0. The quantitative estimate of drug-likeness (QED) is 0.507. The van der Waals surface area contributed by atoms with Crippen LogP contribution in [0.15, 0.2) is 54.6 Å². The van der Waals surface area contributed by atoms with Crippen molar-refractivity contribution >= 4 is 18.2 Å². The number of nitrogens with one attached hydrogen (secondary N) is 2. The van der Waals surface area contributed by atoms with Crippen molar-refractivity contribution in [2.75, 3.05) is 6.54 Å². The van der Waals surface area contributed by atoms with E-state index in [9.17, 15) is 19.5 Å². The van der Waals surface area contributed by atoms with Gasteiger partial charge in [-0.2, -0.15) is 0 Å². The highest BCUT2D eigenvalue weighted by atomic mass is 16.4. The van der Waals surface area contributed by atoms with E-state index in [2.05, 4.69) is 10.6 Å². The number of hydrogen-bond acceptors (Lipinski definition) is 4. The van der Waals surface area contributed by atoms with E-state index in [1.54, 1.807) is 12.1 Å². The lowest BCUT2D eigenvalue weighted by Gasteiger charge is -2.20. The van der Waals surface area contributed by atoms with Crippen LogP contribution in [0.2, 0.25) is 0 Å². The van der Waals surface area contributed by atoms with E-state index >= 15 is 0 Å². The molecule has 0 aromatic heterocycles. The van der Waals surface area contributed by atoms with Crippen molar-refractivity contribution < 1.29 is 19.5 Å². The van der Waals surface area contributed by atoms with Crippen LogP contribution >= 0.6 is 0 Å². The molecule has 2 atom stereocenters. The number of carboxylic acid groups (broad SMARTS) is 1. The molecule has 2 aromatic carbocycles. The Morgan fingerprint density at radius 3 is 2.17 bits per heavy atom. The maximum Gasteiger partial charge on any atom is 0.320 e. The van der Waals surface area contributed by atoms with Crippen LogP contribution in [0.3, 0.4) is 0 Å².